The molecule has 1 N–H and O–H groups in total. The fraction of sp³-hybridized carbons (Fsp3) is 0.364. The second-order valence-electron chi connectivity index (χ2n) is 11.0. The van der Waals surface area contributed by atoms with Crippen molar-refractivity contribution in [1.82, 2.24) is 9.80 Å². The van der Waals surface area contributed by atoms with Crippen LogP contribution in [0.5, 0.6) is 0 Å². The Hall–Kier alpha value is -3.84. The van der Waals surface area contributed by atoms with Crippen LogP contribution in [0.2, 0.25) is 5.02 Å². The van der Waals surface area contributed by atoms with Crippen molar-refractivity contribution in [3.05, 3.63) is 94.5 Å². The first-order chi connectivity index (χ1) is 19.9. The van der Waals surface area contributed by atoms with Gasteiger partial charge in [0, 0.05) is 57.1 Å². The summed E-state index contributed by atoms with van der Waals surface area (Å²) in [4.78, 5) is 45.9. The van der Waals surface area contributed by atoms with Crippen LogP contribution < -0.4 is 10.2 Å². The minimum Gasteiger partial charge on any atom is -0.369 e. The van der Waals surface area contributed by atoms with Crippen molar-refractivity contribution in [1.29, 1.82) is 0 Å². The van der Waals surface area contributed by atoms with E-state index in [4.69, 9.17) is 11.6 Å². The maximum Gasteiger partial charge on any atom is 0.257 e. The molecule has 0 aromatic heterocycles. The molecule has 214 valence electrons. The molecule has 0 unspecified atom stereocenters. The van der Waals surface area contributed by atoms with Gasteiger partial charge in [0.15, 0.2) is 0 Å². The number of halogens is 1. The quantitative estimate of drug-likeness (QED) is 0.372. The van der Waals surface area contributed by atoms with Gasteiger partial charge in [-0.3, -0.25) is 14.4 Å². The number of benzene rings is 3. The largest absolute Gasteiger partial charge is 0.369 e. The van der Waals surface area contributed by atoms with Crippen LogP contribution in [-0.2, 0) is 11.3 Å². The number of carbonyl (C=O) groups is 3. The lowest BCUT2D eigenvalue weighted by Crippen LogP contribution is -2.38. The average Bonchev–Trinajstić information content (AvgIpc) is 3.42. The van der Waals surface area contributed by atoms with Crippen LogP contribution in [0.4, 0.5) is 11.4 Å². The summed E-state index contributed by atoms with van der Waals surface area (Å²) in [5.74, 6) is -0.0386. The molecule has 1 aliphatic heterocycles. The van der Waals surface area contributed by atoms with E-state index in [1.54, 1.807) is 42.3 Å². The third kappa shape index (κ3) is 6.91. The molecule has 3 aromatic rings. The molecule has 3 aromatic carbocycles. The SMILES string of the molecule is CN(Cc1ccccc1)C(=O)c1cc(NC(=O)c2ccccc2Cl)ccc1N1CCCN(C(=O)C2CCCC2)CC1. The van der Waals surface area contributed by atoms with Crippen molar-refractivity contribution in [3.63, 3.8) is 0 Å². The van der Waals surface area contributed by atoms with E-state index in [2.05, 4.69) is 10.2 Å². The summed E-state index contributed by atoms with van der Waals surface area (Å²) in [6, 6.07) is 22.2. The van der Waals surface area contributed by atoms with Crippen LogP contribution in [0.3, 0.4) is 0 Å². The van der Waals surface area contributed by atoms with E-state index in [1.807, 2.05) is 47.4 Å². The van der Waals surface area contributed by atoms with Gasteiger partial charge in [-0.2, -0.15) is 0 Å². The highest BCUT2D eigenvalue weighted by Crippen LogP contribution is 2.30. The molecule has 3 amide bonds. The average molecular weight is 573 g/mol. The second-order valence-corrected chi connectivity index (χ2v) is 11.4. The van der Waals surface area contributed by atoms with E-state index < -0.39 is 0 Å². The molecule has 1 saturated carbocycles. The molecule has 5 rings (SSSR count). The maximum absolute atomic E-state index is 13.9. The summed E-state index contributed by atoms with van der Waals surface area (Å²) in [6.07, 6.45) is 5.09. The molecule has 0 spiro atoms. The number of amides is 3. The first-order valence-electron chi connectivity index (χ1n) is 14.4. The van der Waals surface area contributed by atoms with E-state index in [0.717, 1.165) is 56.4 Å². The number of nitrogens with one attached hydrogen (secondary N) is 1. The molecule has 0 radical (unpaired) electrons. The van der Waals surface area contributed by atoms with Gasteiger partial charge in [-0.15, -0.1) is 0 Å². The maximum atomic E-state index is 13.9. The smallest absolute Gasteiger partial charge is 0.257 e. The molecule has 2 fully saturated rings. The lowest BCUT2D eigenvalue weighted by molar-refractivity contribution is -0.135. The van der Waals surface area contributed by atoms with Crippen molar-refractivity contribution in [2.75, 3.05) is 43.4 Å². The van der Waals surface area contributed by atoms with Gasteiger partial charge < -0.3 is 20.0 Å². The molecule has 1 saturated heterocycles. The Labute approximate surface area is 247 Å². The highest BCUT2D eigenvalue weighted by atomic mass is 35.5. The fourth-order valence-corrected chi connectivity index (χ4v) is 6.07. The minimum absolute atomic E-state index is 0.138. The Morgan fingerprint density at radius 1 is 0.854 bits per heavy atom. The van der Waals surface area contributed by atoms with E-state index >= 15 is 0 Å². The Balaban J connectivity index is 1.39. The monoisotopic (exact) mass is 572 g/mol. The number of rotatable bonds is 7. The zero-order chi connectivity index (χ0) is 28.8. The molecular formula is C33H37ClN4O3. The first-order valence-corrected chi connectivity index (χ1v) is 14.8. The Bertz CT molecular complexity index is 1390. The number of carbonyl (C=O) groups excluding carboxylic acids is 3. The normalized spacial score (nSPS) is 15.9. The van der Waals surface area contributed by atoms with Crippen molar-refractivity contribution < 1.29 is 14.4 Å². The molecule has 2 aliphatic rings. The molecule has 1 aliphatic carbocycles. The molecule has 7 nitrogen and oxygen atoms in total. The van der Waals surface area contributed by atoms with Crippen molar-refractivity contribution >= 4 is 40.7 Å². The summed E-state index contributed by atoms with van der Waals surface area (Å²) in [7, 11) is 1.79. The van der Waals surface area contributed by atoms with Crippen LogP contribution in [0.1, 0.15) is 58.4 Å². The number of nitrogens with zero attached hydrogens (tertiary/aromatic N) is 3. The van der Waals surface area contributed by atoms with Crippen LogP contribution in [0.25, 0.3) is 0 Å². The third-order valence-corrected chi connectivity index (χ3v) is 8.39. The highest BCUT2D eigenvalue weighted by Gasteiger charge is 2.29. The first kappa shape index (κ1) is 28.7. The molecule has 41 heavy (non-hydrogen) atoms. The molecule has 8 heteroatoms. The van der Waals surface area contributed by atoms with Gasteiger partial charge in [-0.1, -0.05) is 66.9 Å². The molecule has 0 atom stereocenters. The summed E-state index contributed by atoms with van der Waals surface area (Å²) >= 11 is 6.25. The van der Waals surface area contributed by atoms with Gasteiger partial charge in [0.1, 0.15) is 0 Å². The Morgan fingerprint density at radius 3 is 2.34 bits per heavy atom. The number of hydrogen-bond donors (Lipinski definition) is 1. The number of hydrogen-bond acceptors (Lipinski definition) is 4. The predicted molar refractivity (Wildman–Crippen MR) is 163 cm³/mol. The van der Waals surface area contributed by atoms with Crippen LogP contribution in [-0.4, -0.2) is 60.7 Å². The highest BCUT2D eigenvalue weighted by molar-refractivity contribution is 6.34. The van der Waals surface area contributed by atoms with E-state index in [0.29, 0.717) is 41.5 Å². The van der Waals surface area contributed by atoms with Crippen molar-refractivity contribution in [2.24, 2.45) is 5.92 Å². The van der Waals surface area contributed by atoms with Gasteiger partial charge in [-0.25, -0.2) is 0 Å². The fourth-order valence-electron chi connectivity index (χ4n) is 5.85. The van der Waals surface area contributed by atoms with Crippen LogP contribution in [0, 0.1) is 5.92 Å². The molecular weight excluding hydrogens is 536 g/mol. The lowest BCUT2D eigenvalue weighted by Gasteiger charge is -2.28. The van der Waals surface area contributed by atoms with Crippen molar-refractivity contribution in [3.8, 4) is 0 Å². The summed E-state index contributed by atoms with van der Waals surface area (Å²) in [5, 5.41) is 3.28. The lowest BCUT2D eigenvalue weighted by atomic mass is 10.1. The number of anilines is 2. The molecule has 0 bridgehead atoms. The Kier molecular flexibility index (Phi) is 9.24. The standard InChI is InChI=1S/C33H37ClN4O3/c1-36(23-24-10-3-2-4-11-24)33(41)28-22-26(35-31(39)27-14-7-8-15-29(27)34)16-17-30(28)37-18-9-19-38(21-20-37)32(40)25-12-5-6-13-25/h2-4,7-8,10-11,14-17,22,25H,5-6,9,12-13,18-21,23H2,1H3,(H,35,39). The van der Waals surface area contributed by atoms with Crippen LogP contribution in [0.15, 0.2) is 72.8 Å². The van der Waals surface area contributed by atoms with Gasteiger partial charge >= 0.3 is 0 Å². The van der Waals surface area contributed by atoms with E-state index in [-0.39, 0.29) is 23.6 Å². The molecule has 1 heterocycles. The summed E-state index contributed by atoms with van der Waals surface area (Å²) < 4.78 is 0. The second kappa shape index (κ2) is 13.2. The van der Waals surface area contributed by atoms with E-state index in [9.17, 15) is 14.4 Å². The van der Waals surface area contributed by atoms with Crippen molar-refractivity contribution in [2.45, 2.75) is 38.6 Å². The zero-order valence-corrected chi connectivity index (χ0v) is 24.3. The van der Waals surface area contributed by atoms with Crippen LogP contribution >= 0.6 is 11.6 Å². The van der Waals surface area contributed by atoms with Gasteiger partial charge in [-0.05, 0) is 55.2 Å². The summed E-state index contributed by atoms with van der Waals surface area (Å²) in [6.45, 7) is 3.21. The summed E-state index contributed by atoms with van der Waals surface area (Å²) in [5.41, 5.74) is 3.23. The zero-order valence-electron chi connectivity index (χ0n) is 23.5. The predicted octanol–water partition coefficient (Wildman–Crippen LogP) is 6.09. The van der Waals surface area contributed by atoms with Gasteiger partial charge in [0.05, 0.1) is 16.1 Å². The van der Waals surface area contributed by atoms with E-state index in [1.165, 1.54) is 0 Å². The Morgan fingerprint density at radius 2 is 1.59 bits per heavy atom. The third-order valence-electron chi connectivity index (χ3n) is 8.07. The van der Waals surface area contributed by atoms with Gasteiger partial charge in [0.25, 0.3) is 11.8 Å². The van der Waals surface area contributed by atoms with Gasteiger partial charge in [0.2, 0.25) is 5.91 Å². The topological polar surface area (TPSA) is 73.0 Å². The minimum atomic E-state index is -0.338.